The molecule has 404 valence electrons. The summed E-state index contributed by atoms with van der Waals surface area (Å²) >= 11 is 16.1. The molecule has 12 aliphatic rings. The number of Topliss-reactive ketones (excluding diaryl/α,β-unsaturated/α-hetero) is 2. The second-order valence-corrected chi connectivity index (χ2v) is 26.2. The normalized spacial score (nSPS) is 23.7. The van der Waals surface area contributed by atoms with Crippen LogP contribution in [-0.2, 0) is 47.5 Å². The van der Waals surface area contributed by atoms with Crippen LogP contribution >= 0.6 is 94.1 Å². The Bertz CT molecular complexity index is 737. The Morgan fingerprint density at radius 3 is 0.765 bits per heavy atom. The number of hydrogen-bond acceptors (Lipinski definition) is 18. The molecule has 0 aromatic carbocycles. The van der Waals surface area contributed by atoms with E-state index in [0.29, 0.717) is 25.2 Å². The number of rotatable bonds is 0. The molecule has 0 atom stereocenters. The van der Waals surface area contributed by atoms with Crippen molar-refractivity contribution in [1.29, 1.82) is 0 Å². The van der Waals surface area contributed by atoms with E-state index in [1.165, 1.54) is 151 Å². The third-order valence-electron chi connectivity index (χ3n) is 10.2. The Balaban J connectivity index is 0.000000371. The fraction of sp³-hybridized carbons (Fsp3) is 0.960. The predicted molar refractivity (Wildman–Crippen MR) is 308 cm³/mol. The van der Waals surface area contributed by atoms with Crippen molar-refractivity contribution in [3.8, 4) is 0 Å². The highest BCUT2D eigenvalue weighted by Gasteiger charge is 2.08. The molecular weight excluding hydrogens is 1020 g/mol. The van der Waals surface area contributed by atoms with Crippen LogP contribution in [0, 0.1) is 0 Å². The van der Waals surface area contributed by atoms with Gasteiger partial charge in [0.15, 0.2) is 0 Å². The minimum atomic E-state index is 0.454. The second-order valence-electron chi connectivity index (χ2n) is 16.5. The van der Waals surface area contributed by atoms with Gasteiger partial charge in [-0.2, -0.15) is 70.6 Å². The molecule has 2 saturated carbocycles. The van der Waals surface area contributed by atoms with Crippen LogP contribution in [-0.4, -0.2) is 171 Å². The maximum absolute atomic E-state index is 10.5. The van der Waals surface area contributed by atoms with Crippen molar-refractivity contribution < 1.29 is 47.5 Å². The van der Waals surface area contributed by atoms with E-state index in [2.05, 4.69) is 47.0 Å². The van der Waals surface area contributed by atoms with E-state index in [9.17, 15) is 9.59 Å². The minimum Gasteiger partial charge on any atom is -0.381 e. The molecule has 68 heavy (non-hydrogen) atoms. The highest BCUT2D eigenvalue weighted by atomic mass is 32.2. The largest absolute Gasteiger partial charge is 0.381 e. The van der Waals surface area contributed by atoms with Crippen LogP contribution in [0.25, 0.3) is 0 Å². The van der Waals surface area contributed by atoms with Gasteiger partial charge in [0.2, 0.25) is 0 Å². The van der Waals surface area contributed by atoms with Gasteiger partial charge in [-0.25, -0.2) is 0 Å². The van der Waals surface area contributed by atoms with Gasteiger partial charge in [-0.05, 0) is 143 Å². The first-order chi connectivity index (χ1) is 33.8. The van der Waals surface area contributed by atoms with Gasteiger partial charge in [0, 0.05) is 86.1 Å². The van der Waals surface area contributed by atoms with Crippen LogP contribution in [0.2, 0.25) is 0 Å². The van der Waals surface area contributed by atoms with Crippen LogP contribution in [0.5, 0.6) is 0 Å². The topological polar surface area (TPSA) is 108 Å². The van der Waals surface area contributed by atoms with Crippen LogP contribution in [0.3, 0.4) is 0 Å². The zero-order chi connectivity index (χ0) is 48.4. The number of ketones is 2. The van der Waals surface area contributed by atoms with Crippen molar-refractivity contribution >= 4 is 106 Å². The summed E-state index contributed by atoms with van der Waals surface area (Å²) in [4.78, 5) is 20.7. The lowest BCUT2D eigenvalue weighted by atomic mass is 10.00. The van der Waals surface area contributed by atoms with E-state index in [1.807, 2.05) is 47.0 Å². The predicted octanol–water partition coefficient (Wildman–Crippen LogP) is 13.5. The summed E-state index contributed by atoms with van der Waals surface area (Å²) in [5, 5.41) is 2.67. The van der Waals surface area contributed by atoms with E-state index < -0.39 is 0 Å². The van der Waals surface area contributed by atoms with Gasteiger partial charge in [-0.3, -0.25) is 9.59 Å². The van der Waals surface area contributed by atoms with E-state index in [-0.39, 0.29) is 0 Å². The number of hydrogen-bond donors (Lipinski definition) is 0. The highest BCUT2D eigenvalue weighted by Crippen LogP contribution is 2.21. The molecule has 2 aliphatic carbocycles. The molecular formula is C50H96O10S8. The summed E-state index contributed by atoms with van der Waals surface area (Å²) in [6.45, 7) is 10.2. The molecule has 0 spiro atoms. The average molecular weight is 1110 g/mol. The first-order valence-electron chi connectivity index (χ1n) is 26.1. The molecule has 0 radical (unpaired) electrons. The van der Waals surface area contributed by atoms with Gasteiger partial charge in [0.25, 0.3) is 0 Å². The monoisotopic (exact) mass is 1110 g/mol. The Kier molecular flexibility index (Phi) is 61.2. The molecule has 10 saturated heterocycles. The zero-order valence-corrected chi connectivity index (χ0v) is 48.8. The molecule has 0 aromatic rings. The Labute approximate surface area is 450 Å². The first kappa shape index (κ1) is 67.8. The molecule has 0 N–H and O–H groups in total. The van der Waals surface area contributed by atoms with E-state index >= 15 is 0 Å². The quantitative estimate of drug-likeness (QED) is 0.229. The summed E-state index contributed by atoms with van der Waals surface area (Å²) in [5.41, 5.74) is 0. The van der Waals surface area contributed by atoms with Crippen molar-refractivity contribution in [3.05, 3.63) is 0 Å². The Morgan fingerprint density at radius 1 is 0.235 bits per heavy atom. The molecule has 10 aliphatic heterocycles. The summed E-state index contributed by atoms with van der Waals surface area (Å²) in [7, 11) is 0. The van der Waals surface area contributed by atoms with Gasteiger partial charge >= 0.3 is 0 Å². The number of carbonyl (C=O) groups is 2. The van der Waals surface area contributed by atoms with E-state index in [0.717, 1.165) is 136 Å². The van der Waals surface area contributed by atoms with Crippen molar-refractivity contribution in [3.63, 3.8) is 0 Å². The average Bonchev–Trinajstić information content (AvgIpc) is 4.29. The SMILES string of the molecule is C1CCOC1.C1CCOCC1.C1CCSC1.C1CCSCC1.C1COCO1.C1COCOC1.C1COCSC1.C1CSCO1.C1CSCS1.C1CSCSC1.O=C1CCCC1.O=C1CCCCC1. The lowest BCUT2D eigenvalue weighted by molar-refractivity contribution is -0.120. The third-order valence-corrected chi connectivity index (χ3v) is 19.3. The standard InChI is InChI=1S/C6H10O.C5H10O.C5H8O.C5H10S.C4H8O2.C4H8OS.C4H8O.C4H8S2.C4H8S.C3H6O2.C3H6OS.C3H6S2/c7-6-4-2-1-3-5-6;1-2-4-6-5-3-1;6-5-3-1-2-4-5;1-2-4-6-5-3-1;2*1-2-5-4-6-3-1;1-2-4-5-3-1;1-2-5-4-6-3-1;1-2-4-5-3-1;3*1-2-5-3-4-1/h1-5H2;1-5H2;1-4H2;1-5H2;2*1-4H2;1-4H2;1-4H2;1-4H2;3*1-3H2. The molecule has 0 aromatic heterocycles. The van der Waals surface area contributed by atoms with Gasteiger partial charge in [0.05, 0.1) is 44.9 Å². The Morgan fingerprint density at radius 2 is 0.588 bits per heavy atom. The molecule has 10 nitrogen and oxygen atoms in total. The smallest absolute Gasteiger partial charge is 0.146 e. The fourth-order valence-corrected chi connectivity index (χ4v) is 14.3. The maximum Gasteiger partial charge on any atom is 0.146 e. The number of carbonyl (C=O) groups excluding carboxylic acids is 2. The third kappa shape index (κ3) is 58.7. The van der Waals surface area contributed by atoms with Crippen molar-refractivity contribution in [2.45, 2.75) is 141 Å². The molecule has 12 fully saturated rings. The molecule has 18 heteroatoms. The van der Waals surface area contributed by atoms with Gasteiger partial charge in [-0.1, -0.05) is 12.8 Å². The van der Waals surface area contributed by atoms with Crippen molar-refractivity contribution in [2.75, 3.05) is 159 Å². The summed E-state index contributed by atoms with van der Waals surface area (Å²) in [5.74, 6) is 16.5. The van der Waals surface area contributed by atoms with E-state index in [4.69, 9.17) is 37.9 Å². The molecule has 0 amide bonds. The maximum atomic E-state index is 10.5. The lowest BCUT2D eigenvalue weighted by Gasteiger charge is -2.09. The molecule has 0 bridgehead atoms. The van der Waals surface area contributed by atoms with Gasteiger partial charge in [-0.15, -0.1) is 23.5 Å². The lowest BCUT2D eigenvalue weighted by Crippen LogP contribution is -2.11. The van der Waals surface area contributed by atoms with Crippen molar-refractivity contribution in [1.82, 2.24) is 0 Å². The summed E-state index contributed by atoms with van der Waals surface area (Å²) in [6.07, 6.45) is 26.7. The summed E-state index contributed by atoms with van der Waals surface area (Å²) in [6, 6.07) is 0. The Hall–Kier alpha value is 1.82. The van der Waals surface area contributed by atoms with Gasteiger partial charge in [0.1, 0.15) is 25.2 Å². The summed E-state index contributed by atoms with van der Waals surface area (Å²) < 4.78 is 39.1. The van der Waals surface area contributed by atoms with Crippen molar-refractivity contribution in [2.24, 2.45) is 0 Å². The van der Waals surface area contributed by atoms with Gasteiger partial charge < -0.3 is 37.9 Å². The second kappa shape index (κ2) is 61.4. The highest BCUT2D eigenvalue weighted by molar-refractivity contribution is 8.19. The molecule has 12 rings (SSSR count). The van der Waals surface area contributed by atoms with E-state index in [1.54, 1.807) is 0 Å². The molecule has 0 unspecified atom stereocenters. The molecule has 10 heterocycles. The van der Waals surface area contributed by atoms with Crippen LogP contribution < -0.4 is 0 Å². The first-order valence-corrected chi connectivity index (χ1v) is 35.3. The minimum absolute atomic E-state index is 0.454. The van der Waals surface area contributed by atoms with Crippen LogP contribution in [0.1, 0.15) is 141 Å². The zero-order valence-electron chi connectivity index (χ0n) is 42.3. The number of thioether (sulfide) groups is 8. The fourth-order valence-electron chi connectivity index (χ4n) is 6.31. The van der Waals surface area contributed by atoms with Crippen LogP contribution in [0.4, 0.5) is 0 Å². The van der Waals surface area contributed by atoms with Crippen LogP contribution in [0.15, 0.2) is 0 Å². The number of ether oxygens (including phenoxy) is 8.